The van der Waals surface area contributed by atoms with Crippen LogP contribution in [0.1, 0.15) is 26.6 Å². The lowest BCUT2D eigenvalue weighted by Crippen LogP contribution is -2.50. The Morgan fingerprint density at radius 2 is 1.91 bits per heavy atom. The van der Waals surface area contributed by atoms with Crippen molar-refractivity contribution in [2.75, 3.05) is 33.3 Å². The van der Waals surface area contributed by atoms with Gasteiger partial charge in [0.15, 0.2) is 0 Å². The van der Waals surface area contributed by atoms with Gasteiger partial charge in [-0.05, 0) is 45.0 Å². The summed E-state index contributed by atoms with van der Waals surface area (Å²) in [5.74, 6) is 0.879. The first-order chi connectivity index (χ1) is 16.0. The summed E-state index contributed by atoms with van der Waals surface area (Å²) in [4.78, 5) is 34.7. The molecule has 8 nitrogen and oxygen atoms in total. The molecule has 34 heavy (non-hydrogen) atoms. The van der Waals surface area contributed by atoms with Gasteiger partial charge in [0, 0.05) is 30.7 Å². The topological polar surface area (TPSA) is 76.9 Å². The Balaban J connectivity index is 1.95. The van der Waals surface area contributed by atoms with Crippen LogP contribution in [0.25, 0.3) is 16.6 Å². The predicted octanol–water partition coefficient (Wildman–Crippen LogP) is 4.40. The monoisotopic (exact) mass is 530 g/mol. The van der Waals surface area contributed by atoms with Gasteiger partial charge in [-0.25, -0.2) is 9.78 Å². The molecule has 0 saturated carbocycles. The number of hydrogen-bond acceptors (Lipinski definition) is 6. The van der Waals surface area contributed by atoms with Crippen molar-refractivity contribution in [3.63, 3.8) is 0 Å². The number of piperazine rings is 1. The van der Waals surface area contributed by atoms with E-state index >= 15 is 0 Å². The fourth-order valence-electron chi connectivity index (χ4n) is 3.68. The third-order valence-electron chi connectivity index (χ3n) is 5.34. The zero-order valence-corrected chi connectivity index (χ0v) is 21.7. The second kappa shape index (κ2) is 10.6. The Morgan fingerprint density at radius 1 is 1.24 bits per heavy atom. The number of benzene rings is 1. The Morgan fingerprint density at radius 3 is 2.50 bits per heavy atom. The third kappa shape index (κ3) is 5.95. The molecule has 1 amide bonds. The summed E-state index contributed by atoms with van der Waals surface area (Å²) in [6.07, 6.45) is 2.95. The number of allylic oxidation sites excluding steroid dienone is 3. The van der Waals surface area contributed by atoms with Crippen LogP contribution in [0.2, 0.25) is 0 Å². The highest BCUT2D eigenvalue weighted by molar-refractivity contribution is 9.10. The quantitative estimate of drug-likeness (QED) is 0.407. The summed E-state index contributed by atoms with van der Waals surface area (Å²) in [5.41, 5.74) is 0.318. The molecule has 9 heteroatoms. The van der Waals surface area contributed by atoms with Gasteiger partial charge in [0.25, 0.3) is 5.56 Å². The van der Waals surface area contributed by atoms with Crippen molar-refractivity contribution in [2.24, 2.45) is 0 Å². The zero-order chi connectivity index (χ0) is 25.0. The number of methoxy groups -OCH3 is 1. The van der Waals surface area contributed by atoms with Gasteiger partial charge in [-0.2, -0.15) is 0 Å². The minimum atomic E-state index is -0.537. The average molecular weight is 531 g/mol. The smallest absolute Gasteiger partial charge is 0.410 e. The summed E-state index contributed by atoms with van der Waals surface area (Å²) < 4.78 is 13.2. The summed E-state index contributed by atoms with van der Waals surface area (Å²) in [5, 5.41) is 0.487. The van der Waals surface area contributed by atoms with E-state index < -0.39 is 5.60 Å². The highest BCUT2D eigenvalue weighted by atomic mass is 79.9. The third-order valence-corrected chi connectivity index (χ3v) is 5.83. The van der Waals surface area contributed by atoms with E-state index in [2.05, 4.69) is 34.0 Å². The standard InChI is InChI=1S/C25H31BrN4O4/c1-7-8-21(17(2)33-6)30-22(27-20-15-18(26)9-10-19(20)23(30)31)16-28-11-13-29(14-12-28)24(32)34-25(3,4)5/h7-10,15H,1-2,11-14,16H2,3-6H3/b21-8+. The van der Waals surface area contributed by atoms with E-state index in [1.54, 1.807) is 23.1 Å². The molecule has 0 radical (unpaired) electrons. The van der Waals surface area contributed by atoms with Gasteiger partial charge in [-0.15, -0.1) is 0 Å². The van der Waals surface area contributed by atoms with Gasteiger partial charge in [0.2, 0.25) is 0 Å². The van der Waals surface area contributed by atoms with Crippen molar-refractivity contribution in [1.82, 2.24) is 19.4 Å². The first kappa shape index (κ1) is 25.7. The maximum absolute atomic E-state index is 13.6. The maximum atomic E-state index is 13.6. The van der Waals surface area contributed by atoms with Gasteiger partial charge in [0.05, 0.1) is 30.3 Å². The van der Waals surface area contributed by atoms with Crippen LogP contribution in [-0.4, -0.2) is 64.3 Å². The lowest BCUT2D eigenvalue weighted by atomic mass is 10.2. The summed E-state index contributed by atoms with van der Waals surface area (Å²) in [6, 6.07) is 5.39. The molecule has 2 aromatic rings. The van der Waals surface area contributed by atoms with Crippen molar-refractivity contribution in [3.05, 3.63) is 69.9 Å². The molecule has 0 N–H and O–H groups in total. The number of fused-ring (bicyclic) bond motifs is 1. The average Bonchev–Trinajstić information content (AvgIpc) is 2.77. The molecule has 0 spiro atoms. The number of aromatic nitrogens is 2. The number of carbonyl (C=O) groups is 1. The van der Waals surface area contributed by atoms with Gasteiger partial charge in [0.1, 0.15) is 17.2 Å². The van der Waals surface area contributed by atoms with E-state index in [0.717, 1.165) is 4.47 Å². The Kier molecular flexibility index (Phi) is 7.99. The van der Waals surface area contributed by atoms with Crippen LogP contribution in [0.3, 0.4) is 0 Å². The minimum absolute atomic E-state index is 0.216. The Labute approximate surface area is 208 Å². The van der Waals surface area contributed by atoms with E-state index in [1.807, 2.05) is 32.9 Å². The largest absolute Gasteiger partial charge is 0.495 e. The van der Waals surface area contributed by atoms with Crippen LogP contribution in [0.15, 0.2) is 58.5 Å². The first-order valence-electron chi connectivity index (χ1n) is 11.0. The minimum Gasteiger partial charge on any atom is -0.495 e. The molecular formula is C25H31BrN4O4. The van der Waals surface area contributed by atoms with E-state index in [1.165, 1.54) is 11.7 Å². The maximum Gasteiger partial charge on any atom is 0.410 e. The molecule has 1 fully saturated rings. The number of nitrogens with zero attached hydrogens (tertiary/aromatic N) is 4. The van der Waals surface area contributed by atoms with Crippen LogP contribution in [-0.2, 0) is 16.0 Å². The lowest BCUT2D eigenvalue weighted by molar-refractivity contribution is 0.0136. The van der Waals surface area contributed by atoms with Crippen molar-refractivity contribution in [3.8, 4) is 0 Å². The summed E-state index contributed by atoms with van der Waals surface area (Å²) in [7, 11) is 1.51. The molecule has 0 aliphatic carbocycles. The molecule has 182 valence electrons. The number of halogens is 1. The van der Waals surface area contributed by atoms with Crippen molar-refractivity contribution >= 4 is 38.6 Å². The highest BCUT2D eigenvalue weighted by Gasteiger charge is 2.27. The zero-order valence-electron chi connectivity index (χ0n) is 20.1. The van der Waals surface area contributed by atoms with E-state index in [4.69, 9.17) is 14.5 Å². The molecule has 1 saturated heterocycles. The molecule has 0 unspecified atom stereocenters. The molecular weight excluding hydrogens is 500 g/mol. The van der Waals surface area contributed by atoms with Crippen LogP contribution >= 0.6 is 15.9 Å². The second-order valence-corrected chi connectivity index (χ2v) is 9.90. The number of ether oxygens (including phenoxy) is 2. The number of hydrogen-bond donors (Lipinski definition) is 0. The van der Waals surface area contributed by atoms with Gasteiger partial charge < -0.3 is 14.4 Å². The van der Waals surface area contributed by atoms with E-state index in [0.29, 0.717) is 60.9 Å². The SMILES string of the molecule is C=C/C=C(\C(=C)OC)n1c(CN2CCN(C(=O)OC(C)(C)C)CC2)nc2cc(Br)ccc2c1=O. The number of amides is 1. The Bertz CT molecular complexity index is 1190. The molecule has 1 aliphatic rings. The van der Waals surface area contributed by atoms with Gasteiger partial charge in [-0.3, -0.25) is 14.3 Å². The van der Waals surface area contributed by atoms with Gasteiger partial charge in [-0.1, -0.05) is 35.2 Å². The predicted molar refractivity (Wildman–Crippen MR) is 137 cm³/mol. The molecule has 2 heterocycles. The Hall–Kier alpha value is -2.91. The van der Waals surface area contributed by atoms with Crippen LogP contribution in [0.4, 0.5) is 4.79 Å². The van der Waals surface area contributed by atoms with Crippen LogP contribution in [0, 0.1) is 0 Å². The van der Waals surface area contributed by atoms with Crippen molar-refractivity contribution in [1.29, 1.82) is 0 Å². The fraction of sp³-hybridized carbons (Fsp3) is 0.400. The first-order valence-corrected chi connectivity index (χ1v) is 11.8. The normalized spacial score (nSPS) is 15.3. The fourth-order valence-corrected chi connectivity index (χ4v) is 4.03. The molecule has 1 aromatic heterocycles. The van der Waals surface area contributed by atoms with Crippen molar-refractivity contribution < 1.29 is 14.3 Å². The number of rotatable bonds is 6. The van der Waals surface area contributed by atoms with E-state index in [9.17, 15) is 9.59 Å². The molecule has 1 aromatic carbocycles. The van der Waals surface area contributed by atoms with E-state index in [-0.39, 0.29) is 11.7 Å². The van der Waals surface area contributed by atoms with Crippen LogP contribution < -0.4 is 5.56 Å². The lowest BCUT2D eigenvalue weighted by Gasteiger charge is -2.35. The van der Waals surface area contributed by atoms with Crippen LogP contribution in [0.5, 0.6) is 0 Å². The summed E-state index contributed by atoms with van der Waals surface area (Å²) >= 11 is 3.46. The van der Waals surface area contributed by atoms with Gasteiger partial charge >= 0.3 is 6.09 Å². The molecule has 1 aliphatic heterocycles. The molecule has 0 atom stereocenters. The molecule has 3 rings (SSSR count). The van der Waals surface area contributed by atoms with Crippen molar-refractivity contribution in [2.45, 2.75) is 32.9 Å². The second-order valence-electron chi connectivity index (χ2n) is 8.99. The highest BCUT2D eigenvalue weighted by Crippen LogP contribution is 2.22. The molecule has 0 bridgehead atoms. The summed E-state index contributed by atoms with van der Waals surface area (Å²) in [6.45, 7) is 16.0. The number of carbonyl (C=O) groups excluding carboxylic acids is 1.